The summed E-state index contributed by atoms with van der Waals surface area (Å²) in [6.45, 7) is 2.79. The van der Waals surface area contributed by atoms with Crippen molar-refractivity contribution in [1.29, 1.82) is 0 Å². The standard InChI is InChI=1S/C25H18O9/c1-9-5-12(27)8-16(29)17(9)24(32)21(25(33)34)18-14-7-11(26)3-4-13(14)23(31)19-15(28)6-10(2)22(30)20(18)19/h3-8,26-30H,1-2H3,(H,33,34)/b21-18+. The second kappa shape index (κ2) is 7.66. The molecule has 0 heterocycles. The van der Waals surface area contributed by atoms with Gasteiger partial charge in [0.05, 0.1) is 11.1 Å². The van der Waals surface area contributed by atoms with Crippen LogP contribution in [-0.2, 0) is 4.79 Å². The van der Waals surface area contributed by atoms with Crippen molar-refractivity contribution < 1.29 is 45.0 Å². The predicted molar refractivity (Wildman–Crippen MR) is 119 cm³/mol. The van der Waals surface area contributed by atoms with Crippen molar-refractivity contribution in [2.75, 3.05) is 0 Å². The van der Waals surface area contributed by atoms with E-state index >= 15 is 0 Å². The van der Waals surface area contributed by atoms with Crippen molar-refractivity contribution in [3.8, 4) is 28.7 Å². The van der Waals surface area contributed by atoms with Gasteiger partial charge in [0.1, 0.15) is 34.3 Å². The molecule has 0 bridgehead atoms. The number of hydrogen-bond acceptors (Lipinski definition) is 8. The lowest BCUT2D eigenvalue weighted by Gasteiger charge is -2.26. The summed E-state index contributed by atoms with van der Waals surface area (Å²) in [7, 11) is 0. The molecule has 0 saturated heterocycles. The Balaban J connectivity index is 2.22. The van der Waals surface area contributed by atoms with Crippen LogP contribution in [0.1, 0.15) is 48.5 Å². The topological polar surface area (TPSA) is 173 Å². The van der Waals surface area contributed by atoms with Crippen molar-refractivity contribution in [1.82, 2.24) is 0 Å². The molecule has 9 nitrogen and oxygen atoms in total. The number of carboxylic acids is 1. The Labute approximate surface area is 192 Å². The Hall–Kier alpha value is -4.79. The Morgan fingerprint density at radius 3 is 2.03 bits per heavy atom. The number of rotatable bonds is 3. The second-order valence-corrected chi connectivity index (χ2v) is 7.91. The van der Waals surface area contributed by atoms with Gasteiger partial charge in [0.25, 0.3) is 0 Å². The van der Waals surface area contributed by atoms with Gasteiger partial charge in [0.2, 0.25) is 5.78 Å². The molecule has 0 aliphatic heterocycles. The summed E-state index contributed by atoms with van der Waals surface area (Å²) >= 11 is 0. The van der Waals surface area contributed by atoms with Gasteiger partial charge in [-0.25, -0.2) is 4.79 Å². The molecule has 34 heavy (non-hydrogen) atoms. The number of Topliss-reactive ketones (excluding diaryl/α,β-unsaturated/α-hetero) is 1. The first-order chi connectivity index (χ1) is 15.9. The third-order valence-corrected chi connectivity index (χ3v) is 5.68. The molecule has 3 aromatic rings. The van der Waals surface area contributed by atoms with E-state index < -0.39 is 57.1 Å². The van der Waals surface area contributed by atoms with E-state index in [-0.39, 0.29) is 39.3 Å². The summed E-state index contributed by atoms with van der Waals surface area (Å²) in [6, 6.07) is 6.62. The minimum absolute atomic E-state index is 0.0707. The van der Waals surface area contributed by atoms with Gasteiger partial charge < -0.3 is 30.6 Å². The first-order valence-corrected chi connectivity index (χ1v) is 9.92. The molecular formula is C25H18O9. The van der Waals surface area contributed by atoms with Gasteiger partial charge in [0, 0.05) is 22.8 Å². The van der Waals surface area contributed by atoms with Crippen LogP contribution in [0.4, 0.5) is 0 Å². The maximum atomic E-state index is 13.5. The highest BCUT2D eigenvalue weighted by Crippen LogP contribution is 2.48. The zero-order valence-corrected chi connectivity index (χ0v) is 17.9. The van der Waals surface area contributed by atoms with Gasteiger partial charge in [-0.05, 0) is 60.9 Å². The second-order valence-electron chi connectivity index (χ2n) is 7.91. The van der Waals surface area contributed by atoms with Crippen molar-refractivity contribution in [2.24, 2.45) is 0 Å². The van der Waals surface area contributed by atoms with Crippen LogP contribution in [0.15, 0.2) is 42.0 Å². The van der Waals surface area contributed by atoms with E-state index in [4.69, 9.17) is 0 Å². The Kier molecular flexibility index (Phi) is 5.05. The van der Waals surface area contributed by atoms with Gasteiger partial charge in [-0.1, -0.05) is 0 Å². The fourth-order valence-electron chi connectivity index (χ4n) is 4.22. The quantitative estimate of drug-likeness (QED) is 0.0879. The molecule has 0 atom stereocenters. The number of aryl methyl sites for hydroxylation is 2. The molecule has 0 fully saturated rings. The molecule has 0 amide bonds. The highest BCUT2D eigenvalue weighted by atomic mass is 16.4. The molecule has 9 heteroatoms. The first-order valence-electron chi connectivity index (χ1n) is 9.92. The summed E-state index contributed by atoms with van der Waals surface area (Å²) in [6.07, 6.45) is 0. The SMILES string of the molecule is Cc1cc(O)c2c(c1O)/C(=C(/C(=O)O)C(=O)c1c(C)cc(O)cc1O)c1cc(O)ccc1C2=O. The summed E-state index contributed by atoms with van der Waals surface area (Å²) in [5, 5.41) is 61.5. The van der Waals surface area contributed by atoms with Crippen LogP contribution in [0.3, 0.4) is 0 Å². The van der Waals surface area contributed by atoms with Crippen molar-refractivity contribution in [3.63, 3.8) is 0 Å². The monoisotopic (exact) mass is 462 g/mol. The summed E-state index contributed by atoms with van der Waals surface area (Å²) in [4.78, 5) is 39.2. The molecule has 3 aromatic carbocycles. The molecule has 6 N–H and O–H groups in total. The number of phenols is 5. The van der Waals surface area contributed by atoms with Crippen LogP contribution in [0.5, 0.6) is 28.7 Å². The van der Waals surface area contributed by atoms with Crippen LogP contribution in [-0.4, -0.2) is 48.2 Å². The number of aromatic hydroxyl groups is 5. The maximum Gasteiger partial charge on any atom is 0.340 e. The third kappa shape index (κ3) is 3.22. The number of carbonyl (C=O) groups excluding carboxylic acids is 2. The number of aliphatic carboxylic acids is 1. The number of ketones is 2. The van der Waals surface area contributed by atoms with Crippen molar-refractivity contribution in [2.45, 2.75) is 13.8 Å². The van der Waals surface area contributed by atoms with Crippen LogP contribution in [0, 0.1) is 13.8 Å². The van der Waals surface area contributed by atoms with Crippen molar-refractivity contribution in [3.05, 3.63) is 80.9 Å². The van der Waals surface area contributed by atoms with Gasteiger partial charge in [-0.2, -0.15) is 0 Å². The minimum Gasteiger partial charge on any atom is -0.508 e. The van der Waals surface area contributed by atoms with Gasteiger partial charge in [-0.15, -0.1) is 0 Å². The Morgan fingerprint density at radius 1 is 0.735 bits per heavy atom. The van der Waals surface area contributed by atoms with Gasteiger partial charge >= 0.3 is 5.97 Å². The zero-order valence-electron chi connectivity index (χ0n) is 17.9. The summed E-state index contributed by atoms with van der Waals surface area (Å²) in [5.41, 5.74) is -2.65. The maximum absolute atomic E-state index is 13.5. The number of hydrogen-bond donors (Lipinski definition) is 6. The molecule has 172 valence electrons. The molecule has 0 spiro atoms. The number of carboxylic acid groups (broad SMARTS) is 1. The predicted octanol–water partition coefficient (Wildman–Crippen LogP) is 3.15. The van der Waals surface area contributed by atoms with Crippen LogP contribution >= 0.6 is 0 Å². The molecular weight excluding hydrogens is 444 g/mol. The molecule has 1 aliphatic carbocycles. The molecule has 4 rings (SSSR count). The molecule has 0 aromatic heterocycles. The molecule has 1 aliphatic rings. The minimum atomic E-state index is -1.75. The lowest BCUT2D eigenvalue weighted by atomic mass is 9.76. The number of carbonyl (C=O) groups is 3. The summed E-state index contributed by atoms with van der Waals surface area (Å²) in [5.74, 6) is -6.11. The van der Waals surface area contributed by atoms with Gasteiger partial charge in [0.15, 0.2) is 5.78 Å². The smallest absolute Gasteiger partial charge is 0.340 e. The molecule has 0 saturated carbocycles. The lowest BCUT2D eigenvalue weighted by Crippen LogP contribution is -2.22. The Bertz CT molecular complexity index is 1460. The highest BCUT2D eigenvalue weighted by molar-refractivity contribution is 6.33. The van der Waals surface area contributed by atoms with E-state index in [0.29, 0.717) is 0 Å². The summed E-state index contributed by atoms with van der Waals surface area (Å²) < 4.78 is 0. The van der Waals surface area contributed by atoms with Crippen LogP contribution in [0.25, 0.3) is 5.57 Å². The number of fused-ring (bicyclic) bond motifs is 2. The van der Waals surface area contributed by atoms with Crippen LogP contribution in [0.2, 0.25) is 0 Å². The van der Waals surface area contributed by atoms with Gasteiger partial charge in [-0.3, -0.25) is 9.59 Å². The average molecular weight is 462 g/mol. The largest absolute Gasteiger partial charge is 0.508 e. The molecule has 0 radical (unpaired) electrons. The third-order valence-electron chi connectivity index (χ3n) is 5.68. The highest BCUT2D eigenvalue weighted by Gasteiger charge is 2.38. The van der Waals surface area contributed by atoms with E-state index in [2.05, 4.69) is 0 Å². The fourth-order valence-corrected chi connectivity index (χ4v) is 4.22. The average Bonchev–Trinajstić information content (AvgIpc) is 2.72. The van der Waals surface area contributed by atoms with E-state index in [0.717, 1.165) is 24.3 Å². The lowest BCUT2D eigenvalue weighted by molar-refractivity contribution is -0.132. The van der Waals surface area contributed by atoms with E-state index in [9.17, 15) is 45.0 Å². The Morgan fingerprint density at radius 2 is 1.41 bits per heavy atom. The number of phenolic OH excluding ortho intramolecular Hbond substituents is 5. The number of benzene rings is 3. The van der Waals surface area contributed by atoms with E-state index in [1.54, 1.807) is 0 Å². The van der Waals surface area contributed by atoms with Crippen molar-refractivity contribution >= 4 is 23.1 Å². The first kappa shape index (κ1) is 22.4. The van der Waals surface area contributed by atoms with E-state index in [1.807, 2.05) is 0 Å². The zero-order chi connectivity index (χ0) is 25.1. The fraction of sp³-hybridized carbons (Fsp3) is 0.0800. The normalized spacial score (nSPS) is 13.8. The molecule has 0 unspecified atom stereocenters. The van der Waals surface area contributed by atoms with E-state index in [1.165, 1.54) is 26.0 Å². The van der Waals surface area contributed by atoms with Crippen LogP contribution < -0.4 is 0 Å².